The van der Waals surface area contributed by atoms with Crippen molar-refractivity contribution < 1.29 is 9.26 Å². The first-order valence-electron chi connectivity index (χ1n) is 7.27. The molecule has 0 aliphatic carbocycles. The molecule has 0 aliphatic heterocycles. The van der Waals surface area contributed by atoms with Crippen molar-refractivity contribution in [3.05, 3.63) is 12.0 Å². The summed E-state index contributed by atoms with van der Waals surface area (Å²) in [5.74, 6) is 0.900. The fourth-order valence-corrected chi connectivity index (χ4v) is 2.26. The van der Waals surface area contributed by atoms with Gasteiger partial charge in [-0.3, -0.25) is 4.68 Å². The lowest BCUT2D eigenvalue weighted by Crippen LogP contribution is -2.29. The van der Waals surface area contributed by atoms with Crippen molar-refractivity contribution in [1.82, 2.24) is 25.1 Å². The largest absolute Gasteiger partial charge is 0.367 e. The van der Waals surface area contributed by atoms with Gasteiger partial charge in [-0.05, 0) is 19.8 Å². The van der Waals surface area contributed by atoms with Gasteiger partial charge in [0.25, 0.3) is 5.89 Å². The molecular formula is C13H22N6O2. The second kappa shape index (κ2) is 6.77. The third kappa shape index (κ3) is 3.11. The molecule has 2 aromatic rings. The van der Waals surface area contributed by atoms with Crippen LogP contribution in [-0.4, -0.2) is 38.3 Å². The summed E-state index contributed by atoms with van der Waals surface area (Å²) in [7, 11) is 0. The number of hydrogen-bond acceptors (Lipinski definition) is 7. The molecule has 8 heteroatoms. The Bertz CT molecular complexity index is 561. The maximum absolute atomic E-state index is 5.86. The molecule has 0 unspecified atom stereocenters. The summed E-state index contributed by atoms with van der Waals surface area (Å²) in [6, 6.07) is 0. The van der Waals surface area contributed by atoms with Crippen LogP contribution in [0, 0.1) is 0 Å². The van der Waals surface area contributed by atoms with Gasteiger partial charge in [0, 0.05) is 13.2 Å². The van der Waals surface area contributed by atoms with Crippen LogP contribution in [-0.2, 0) is 16.9 Å². The molecule has 0 fully saturated rings. The molecule has 0 saturated carbocycles. The average Bonchev–Trinajstić information content (AvgIpc) is 3.14. The Labute approximate surface area is 123 Å². The van der Waals surface area contributed by atoms with E-state index in [1.165, 1.54) is 0 Å². The molecule has 2 N–H and O–H groups in total. The lowest BCUT2D eigenvalue weighted by Gasteiger charge is -2.27. The molecule has 0 bridgehead atoms. The summed E-state index contributed by atoms with van der Waals surface area (Å²) in [6.07, 6.45) is 3.29. The van der Waals surface area contributed by atoms with Crippen molar-refractivity contribution in [3.8, 4) is 11.6 Å². The summed E-state index contributed by atoms with van der Waals surface area (Å²) in [4.78, 5) is 4.44. The highest BCUT2D eigenvalue weighted by molar-refractivity contribution is 5.43. The van der Waals surface area contributed by atoms with Gasteiger partial charge in [-0.2, -0.15) is 4.98 Å². The Hall–Kier alpha value is -1.80. The van der Waals surface area contributed by atoms with Gasteiger partial charge in [-0.25, -0.2) is 0 Å². The van der Waals surface area contributed by atoms with Gasteiger partial charge in [0.15, 0.2) is 5.69 Å². The highest BCUT2D eigenvalue weighted by Gasteiger charge is 2.34. The van der Waals surface area contributed by atoms with Gasteiger partial charge in [0.1, 0.15) is 5.60 Å². The minimum absolute atomic E-state index is 0.347. The molecule has 21 heavy (non-hydrogen) atoms. The minimum atomic E-state index is -0.510. The van der Waals surface area contributed by atoms with Crippen LogP contribution in [0.15, 0.2) is 10.7 Å². The molecule has 0 spiro atoms. The second-order valence-electron chi connectivity index (χ2n) is 4.71. The van der Waals surface area contributed by atoms with Gasteiger partial charge in [-0.1, -0.05) is 24.2 Å². The van der Waals surface area contributed by atoms with Crippen molar-refractivity contribution in [2.45, 2.75) is 45.8 Å². The third-order valence-electron chi connectivity index (χ3n) is 3.51. The zero-order chi connectivity index (χ0) is 15.3. The number of hydrogen-bond donors (Lipinski definition) is 1. The number of aromatic nitrogens is 5. The van der Waals surface area contributed by atoms with E-state index in [2.05, 4.69) is 20.5 Å². The van der Waals surface area contributed by atoms with E-state index in [4.69, 9.17) is 15.0 Å². The van der Waals surface area contributed by atoms with E-state index >= 15 is 0 Å². The Morgan fingerprint density at radius 3 is 2.71 bits per heavy atom. The van der Waals surface area contributed by atoms with Crippen molar-refractivity contribution in [3.63, 3.8) is 0 Å². The summed E-state index contributed by atoms with van der Waals surface area (Å²) >= 11 is 0. The van der Waals surface area contributed by atoms with Crippen molar-refractivity contribution >= 4 is 0 Å². The Morgan fingerprint density at radius 2 is 2.10 bits per heavy atom. The van der Waals surface area contributed by atoms with Crippen LogP contribution in [0.25, 0.3) is 11.6 Å². The summed E-state index contributed by atoms with van der Waals surface area (Å²) in [5, 5.41) is 12.0. The van der Waals surface area contributed by atoms with Crippen LogP contribution >= 0.6 is 0 Å². The molecule has 2 heterocycles. The van der Waals surface area contributed by atoms with Crippen LogP contribution in [0.4, 0.5) is 0 Å². The zero-order valence-electron chi connectivity index (χ0n) is 12.7. The minimum Gasteiger partial charge on any atom is -0.367 e. The Kier molecular flexibility index (Phi) is 5.03. The first-order chi connectivity index (χ1) is 10.2. The molecule has 8 nitrogen and oxygen atoms in total. The standard InChI is InChI=1S/C13H22N6O2/c1-4-13(5-2,20-6-3)12-15-11(21-17-12)10-9-19(8-7-14)18-16-10/h9H,4-8,14H2,1-3H3. The van der Waals surface area contributed by atoms with E-state index in [1.54, 1.807) is 10.9 Å². The normalized spacial score (nSPS) is 12.0. The SMILES string of the molecule is CCOC(CC)(CC)c1noc(-c2cn(CCN)nn2)n1. The quantitative estimate of drug-likeness (QED) is 0.783. The van der Waals surface area contributed by atoms with E-state index in [0.29, 0.717) is 37.1 Å². The van der Waals surface area contributed by atoms with Gasteiger partial charge in [-0.15, -0.1) is 5.10 Å². The monoisotopic (exact) mass is 294 g/mol. The maximum atomic E-state index is 5.86. The Balaban J connectivity index is 2.27. The second-order valence-corrected chi connectivity index (χ2v) is 4.71. The summed E-state index contributed by atoms with van der Waals surface area (Å²) < 4.78 is 12.8. The van der Waals surface area contributed by atoms with Crippen LogP contribution in [0.2, 0.25) is 0 Å². The molecule has 2 rings (SSSR count). The maximum Gasteiger partial charge on any atom is 0.280 e. The van der Waals surface area contributed by atoms with E-state index in [1.807, 2.05) is 20.8 Å². The molecule has 0 aromatic carbocycles. The topological polar surface area (TPSA) is 105 Å². The van der Waals surface area contributed by atoms with E-state index in [0.717, 1.165) is 12.8 Å². The van der Waals surface area contributed by atoms with Crippen molar-refractivity contribution in [1.29, 1.82) is 0 Å². The summed E-state index contributed by atoms with van der Waals surface area (Å²) in [6.45, 7) is 7.74. The number of rotatable bonds is 8. The number of nitrogens with zero attached hydrogens (tertiary/aromatic N) is 5. The van der Waals surface area contributed by atoms with Crippen LogP contribution in [0.3, 0.4) is 0 Å². The predicted octanol–water partition coefficient (Wildman–Crippen LogP) is 1.34. The molecule has 0 atom stereocenters. The molecule has 0 saturated heterocycles. The Morgan fingerprint density at radius 1 is 1.33 bits per heavy atom. The van der Waals surface area contributed by atoms with Gasteiger partial charge < -0.3 is 15.0 Å². The van der Waals surface area contributed by atoms with Crippen LogP contribution in [0.5, 0.6) is 0 Å². The molecule has 116 valence electrons. The van der Waals surface area contributed by atoms with Crippen molar-refractivity contribution in [2.24, 2.45) is 5.73 Å². The lowest BCUT2D eigenvalue weighted by atomic mass is 9.96. The average molecular weight is 294 g/mol. The smallest absolute Gasteiger partial charge is 0.280 e. The molecular weight excluding hydrogens is 272 g/mol. The fraction of sp³-hybridized carbons (Fsp3) is 0.692. The molecule has 0 radical (unpaired) electrons. The zero-order valence-corrected chi connectivity index (χ0v) is 12.7. The van der Waals surface area contributed by atoms with Gasteiger partial charge in [0.05, 0.1) is 12.7 Å². The number of ether oxygens (including phenoxy) is 1. The first-order valence-corrected chi connectivity index (χ1v) is 7.27. The van der Waals surface area contributed by atoms with E-state index in [-0.39, 0.29) is 0 Å². The summed E-state index contributed by atoms with van der Waals surface area (Å²) in [5.41, 5.74) is 5.51. The molecule has 0 aliphatic rings. The van der Waals surface area contributed by atoms with Gasteiger partial charge in [0.2, 0.25) is 5.82 Å². The first kappa shape index (κ1) is 15.6. The number of nitrogens with two attached hydrogens (primary N) is 1. The fourth-order valence-electron chi connectivity index (χ4n) is 2.26. The molecule has 2 aromatic heterocycles. The van der Waals surface area contributed by atoms with E-state index < -0.39 is 5.60 Å². The van der Waals surface area contributed by atoms with Crippen LogP contribution < -0.4 is 5.73 Å². The highest BCUT2D eigenvalue weighted by atomic mass is 16.5. The lowest BCUT2D eigenvalue weighted by molar-refractivity contribution is -0.0583. The van der Waals surface area contributed by atoms with Gasteiger partial charge >= 0.3 is 0 Å². The highest BCUT2D eigenvalue weighted by Crippen LogP contribution is 2.32. The van der Waals surface area contributed by atoms with E-state index in [9.17, 15) is 0 Å². The van der Waals surface area contributed by atoms with Crippen LogP contribution in [0.1, 0.15) is 39.4 Å². The predicted molar refractivity (Wildman–Crippen MR) is 76.3 cm³/mol. The third-order valence-corrected chi connectivity index (χ3v) is 3.51. The van der Waals surface area contributed by atoms with Crippen molar-refractivity contribution in [2.75, 3.05) is 13.2 Å². The molecule has 0 amide bonds.